The van der Waals surface area contributed by atoms with E-state index in [1.807, 2.05) is 18.2 Å². The van der Waals surface area contributed by atoms with Gasteiger partial charge in [0, 0.05) is 24.0 Å². The number of nitrogens with zero attached hydrogens (tertiary/aromatic N) is 2. The van der Waals surface area contributed by atoms with E-state index in [4.69, 9.17) is 0 Å². The predicted octanol–water partition coefficient (Wildman–Crippen LogP) is 1.53. The molecule has 1 aromatic carbocycles. The minimum Gasteiger partial charge on any atom is -0.332 e. The van der Waals surface area contributed by atoms with Gasteiger partial charge in [0.1, 0.15) is 0 Å². The third-order valence-electron chi connectivity index (χ3n) is 4.76. The highest BCUT2D eigenvalue weighted by Crippen LogP contribution is 2.37. The van der Waals surface area contributed by atoms with E-state index >= 15 is 0 Å². The van der Waals surface area contributed by atoms with Crippen molar-refractivity contribution in [2.24, 2.45) is 0 Å². The maximum absolute atomic E-state index is 12.7. The minimum atomic E-state index is 0.0701. The lowest BCUT2D eigenvalue weighted by Gasteiger charge is -2.55. The largest absolute Gasteiger partial charge is 0.332 e. The number of likely N-dealkylation sites (tertiary alicyclic amines) is 1. The van der Waals surface area contributed by atoms with Crippen LogP contribution in [0.3, 0.4) is 0 Å². The zero-order chi connectivity index (χ0) is 13.6. The smallest absolute Gasteiger partial charge is 0.254 e. The zero-order valence-electron chi connectivity index (χ0n) is 11.4. The van der Waals surface area contributed by atoms with E-state index in [2.05, 4.69) is 20.4 Å². The maximum atomic E-state index is 12.7. The molecule has 2 N–H and O–H groups in total. The Labute approximate surface area is 117 Å². The van der Waals surface area contributed by atoms with Gasteiger partial charge in [0.15, 0.2) is 0 Å². The number of hydrogen-bond acceptors (Lipinski definition) is 3. The Morgan fingerprint density at radius 3 is 3.05 bits per heavy atom. The Morgan fingerprint density at radius 2 is 2.30 bits per heavy atom. The molecule has 2 aliphatic rings. The Morgan fingerprint density at radius 1 is 1.35 bits per heavy atom. The van der Waals surface area contributed by atoms with Crippen molar-refractivity contribution in [3.63, 3.8) is 0 Å². The van der Waals surface area contributed by atoms with Crippen molar-refractivity contribution in [1.82, 2.24) is 20.4 Å². The molecule has 0 bridgehead atoms. The molecule has 1 unspecified atom stereocenters. The van der Waals surface area contributed by atoms with Crippen molar-refractivity contribution < 1.29 is 4.79 Å². The SMILES string of the molecule is O=C(c1ccc2[nH]ncc2c1)N1CCC12CCCNC2. The summed E-state index contributed by atoms with van der Waals surface area (Å²) >= 11 is 0. The van der Waals surface area contributed by atoms with E-state index in [0.717, 1.165) is 55.4 Å². The number of piperidine rings is 1. The number of carbonyl (C=O) groups excluding carboxylic acids is 1. The Kier molecular flexibility index (Phi) is 2.57. The number of carbonyl (C=O) groups is 1. The number of rotatable bonds is 1. The van der Waals surface area contributed by atoms with Crippen molar-refractivity contribution in [1.29, 1.82) is 0 Å². The average Bonchev–Trinajstić information content (AvgIpc) is 2.94. The summed E-state index contributed by atoms with van der Waals surface area (Å²) in [6, 6.07) is 5.76. The lowest BCUT2D eigenvalue weighted by molar-refractivity contribution is -0.0155. The Balaban J connectivity index is 1.63. The molecule has 0 aliphatic carbocycles. The third-order valence-corrected chi connectivity index (χ3v) is 4.76. The molecule has 2 aliphatic heterocycles. The van der Waals surface area contributed by atoms with Gasteiger partial charge in [-0.25, -0.2) is 0 Å². The van der Waals surface area contributed by atoms with Crippen molar-refractivity contribution in [2.75, 3.05) is 19.6 Å². The highest BCUT2D eigenvalue weighted by atomic mass is 16.2. The summed E-state index contributed by atoms with van der Waals surface area (Å²) in [5.41, 5.74) is 1.81. The molecule has 1 atom stereocenters. The van der Waals surface area contributed by atoms with Gasteiger partial charge in [-0.3, -0.25) is 9.89 Å². The second kappa shape index (κ2) is 4.31. The number of amides is 1. The van der Waals surface area contributed by atoms with Gasteiger partial charge in [0.2, 0.25) is 0 Å². The lowest BCUT2D eigenvalue weighted by atomic mass is 9.78. The second-order valence-electron chi connectivity index (χ2n) is 5.88. The van der Waals surface area contributed by atoms with Crippen LogP contribution in [0.4, 0.5) is 0 Å². The van der Waals surface area contributed by atoms with Crippen LogP contribution in [0.2, 0.25) is 0 Å². The topological polar surface area (TPSA) is 61.0 Å². The van der Waals surface area contributed by atoms with Gasteiger partial charge in [-0.15, -0.1) is 0 Å². The molecule has 5 nitrogen and oxygen atoms in total. The number of benzene rings is 1. The molecule has 0 saturated carbocycles. The van der Waals surface area contributed by atoms with E-state index in [0.29, 0.717) is 0 Å². The number of aromatic amines is 1. The number of fused-ring (bicyclic) bond motifs is 1. The summed E-state index contributed by atoms with van der Waals surface area (Å²) in [5, 5.41) is 11.3. The first-order valence-electron chi connectivity index (χ1n) is 7.24. The van der Waals surface area contributed by atoms with Crippen molar-refractivity contribution in [3.8, 4) is 0 Å². The van der Waals surface area contributed by atoms with Crippen molar-refractivity contribution >= 4 is 16.8 Å². The van der Waals surface area contributed by atoms with Gasteiger partial charge in [-0.2, -0.15) is 5.10 Å². The average molecular weight is 270 g/mol. The maximum Gasteiger partial charge on any atom is 0.254 e. The summed E-state index contributed by atoms with van der Waals surface area (Å²) in [6.45, 7) is 2.89. The van der Waals surface area contributed by atoms with Gasteiger partial charge in [-0.05, 0) is 44.0 Å². The summed E-state index contributed by atoms with van der Waals surface area (Å²) < 4.78 is 0. The van der Waals surface area contributed by atoms with Gasteiger partial charge < -0.3 is 10.2 Å². The van der Waals surface area contributed by atoms with Crippen LogP contribution >= 0.6 is 0 Å². The van der Waals surface area contributed by atoms with Crippen LogP contribution in [0.1, 0.15) is 29.6 Å². The Bertz CT molecular complexity index is 657. The summed E-state index contributed by atoms with van der Waals surface area (Å²) in [5.74, 6) is 0.156. The molecule has 0 radical (unpaired) electrons. The van der Waals surface area contributed by atoms with E-state index < -0.39 is 0 Å². The van der Waals surface area contributed by atoms with Crippen LogP contribution in [-0.2, 0) is 0 Å². The monoisotopic (exact) mass is 270 g/mol. The molecule has 1 spiro atoms. The van der Waals surface area contributed by atoms with E-state index in [1.54, 1.807) is 6.20 Å². The zero-order valence-corrected chi connectivity index (χ0v) is 11.4. The van der Waals surface area contributed by atoms with Crippen LogP contribution in [0.25, 0.3) is 10.9 Å². The van der Waals surface area contributed by atoms with Gasteiger partial charge >= 0.3 is 0 Å². The fourth-order valence-electron chi connectivity index (χ4n) is 3.48. The van der Waals surface area contributed by atoms with Gasteiger partial charge in [0.25, 0.3) is 5.91 Å². The summed E-state index contributed by atoms with van der Waals surface area (Å²) in [7, 11) is 0. The molecule has 104 valence electrons. The highest BCUT2D eigenvalue weighted by molar-refractivity contribution is 5.98. The van der Waals surface area contributed by atoms with Crippen molar-refractivity contribution in [3.05, 3.63) is 30.0 Å². The quantitative estimate of drug-likeness (QED) is 0.826. The minimum absolute atomic E-state index is 0.0701. The first-order valence-corrected chi connectivity index (χ1v) is 7.24. The molecule has 4 rings (SSSR count). The molecule has 3 heterocycles. The number of aromatic nitrogens is 2. The van der Waals surface area contributed by atoms with E-state index in [1.165, 1.54) is 0 Å². The molecule has 2 aromatic rings. The van der Waals surface area contributed by atoms with E-state index in [-0.39, 0.29) is 11.4 Å². The summed E-state index contributed by atoms with van der Waals surface area (Å²) in [4.78, 5) is 14.8. The van der Waals surface area contributed by atoms with Crippen LogP contribution in [-0.4, -0.2) is 46.2 Å². The normalized spacial score (nSPS) is 25.9. The van der Waals surface area contributed by atoms with Crippen LogP contribution in [0, 0.1) is 0 Å². The Hall–Kier alpha value is -1.88. The summed E-state index contributed by atoms with van der Waals surface area (Å²) in [6.07, 6.45) is 5.17. The number of nitrogens with one attached hydrogen (secondary N) is 2. The molecule has 1 amide bonds. The number of H-pyrrole nitrogens is 1. The standard InChI is InChI=1S/C15H18N4O/c20-14(11-2-3-13-12(8-11)9-17-18-13)19-7-5-15(19)4-1-6-16-10-15/h2-3,8-9,16H,1,4-7,10H2,(H,17,18). The van der Waals surface area contributed by atoms with Crippen LogP contribution < -0.4 is 5.32 Å². The number of hydrogen-bond donors (Lipinski definition) is 2. The fraction of sp³-hybridized carbons (Fsp3) is 0.467. The molecule has 5 heteroatoms. The lowest BCUT2D eigenvalue weighted by Crippen LogP contribution is -2.67. The molecule has 2 saturated heterocycles. The third kappa shape index (κ3) is 1.66. The fourth-order valence-corrected chi connectivity index (χ4v) is 3.48. The molecular weight excluding hydrogens is 252 g/mol. The predicted molar refractivity (Wildman–Crippen MR) is 76.6 cm³/mol. The van der Waals surface area contributed by atoms with Crippen LogP contribution in [0.5, 0.6) is 0 Å². The van der Waals surface area contributed by atoms with E-state index in [9.17, 15) is 4.79 Å². The van der Waals surface area contributed by atoms with Gasteiger partial charge in [-0.1, -0.05) is 0 Å². The van der Waals surface area contributed by atoms with Crippen LogP contribution in [0.15, 0.2) is 24.4 Å². The first kappa shape index (κ1) is 11.9. The molecule has 20 heavy (non-hydrogen) atoms. The molecular formula is C15H18N4O. The van der Waals surface area contributed by atoms with Crippen molar-refractivity contribution in [2.45, 2.75) is 24.8 Å². The van der Waals surface area contributed by atoms with Gasteiger partial charge in [0.05, 0.1) is 17.3 Å². The first-order chi connectivity index (χ1) is 9.78. The highest BCUT2D eigenvalue weighted by Gasteiger charge is 2.47. The molecule has 1 aromatic heterocycles. The molecule has 2 fully saturated rings. The second-order valence-corrected chi connectivity index (χ2v) is 5.88.